The molecule has 7 heteroatoms. The summed E-state index contributed by atoms with van der Waals surface area (Å²) in [6.45, 7) is 2.12. The molecule has 2 rings (SSSR count). The van der Waals surface area contributed by atoms with Crippen LogP contribution in [0.5, 0.6) is 0 Å². The number of halogens is 4. The Morgan fingerprint density at radius 2 is 1.86 bits per heavy atom. The van der Waals surface area contributed by atoms with Crippen LogP contribution in [-0.2, 0) is 12.6 Å². The smallest absolute Gasteiger partial charge is 0.332 e. The number of rotatable bonds is 5. The van der Waals surface area contributed by atoms with Gasteiger partial charge in [0.2, 0.25) is 0 Å². The normalized spacial score (nSPS) is 11.0. The average molecular weight is 381 g/mol. The Labute approximate surface area is 136 Å². The van der Waals surface area contributed by atoms with Crippen molar-refractivity contribution in [1.29, 1.82) is 0 Å². The van der Waals surface area contributed by atoms with Crippen LogP contribution < -0.4 is 5.32 Å². The van der Waals surface area contributed by atoms with Gasteiger partial charge in [0.05, 0.1) is 11.3 Å². The highest BCUT2D eigenvalue weighted by Gasteiger charge is 2.29. The summed E-state index contributed by atoms with van der Waals surface area (Å²) in [7, 11) is 0. The Morgan fingerprint density at radius 1 is 1.19 bits per heavy atom. The lowest BCUT2D eigenvalue weighted by Gasteiger charge is -2.07. The summed E-state index contributed by atoms with van der Waals surface area (Å²) < 4.78 is 37.3. The van der Waals surface area contributed by atoms with E-state index in [1.807, 2.05) is 5.38 Å². The Balaban J connectivity index is 0.00000220. The maximum absolute atomic E-state index is 12.4. The highest BCUT2D eigenvalue weighted by atomic mass is 79.9. The van der Waals surface area contributed by atoms with Gasteiger partial charge in [0.15, 0.2) is 5.13 Å². The third-order valence-electron chi connectivity index (χ3n) is 2.80. The van der Waals surface area contributed by atoms with Crippen molar-refractivity contribution in [3.63, 3.8) is 0 Å². The van der Waals surface area contributed by atoms with E-state index in [0.29, 0.717) is 10.8 Å². The zero-order valence-electron chi connectivity index (χ0n) is 11.4. The van der Waals surface area contributed by atoms with Crippen molar-refractivity contribution < 1.29 is 13.2 Å². The van der Waals surface area contributed by atoms with E-state index in [0.717, 1.165) is 37.1 Å². The fourth-order valence-corrected chi connectivity index (χ4v) is 2.47. The SMILES string of the molecule is Br.CCCCc1csc(Nc2ccc(C(F)(F)F)cc2)n1. The minimum Gasteiger partial charge on any atom is -0.332 e. The lowest BCUT2D eigenvalue weighted by atomic mass is 10.2. The molecular formula is C14H16BrF3N2S. The van der Waals surface area contributed by atoms with Crippen LogP contribution in [-0.4, -0.2) is 4.98 Å². The summed E-state index contributed by atoms with van der Waals surface area (Å²) in [5, 5.41) is 5.70. The summed E-state index contributed by atoms with van der Waals surface area (Å²) in [5.74, 6) is 0. The van der Waals surface area contributed by atoms with Crippen LogP contribution >= 0.6 is 28.3 Å². The number of hydrogen-bond donors (Lipinski definition) is 1. The van der Waals surface area contributed by atoms with Gasteiger partial charge in [-0.05, 0) is 37.1 Å². The molecule has 0 radical (unpaired) electrons. The molecule has 0 aliphatic heterocycles. The molecule has 2 nitrogen and oxygen atoms in total. The highest BCUT2D eigenvalue weighted by Crippen LogP contribution is 2.30. The number of alkyl halides is 3. The molecule has 0 aliphatic rings. The molecule has 1 aromatic carbocycles. The van der Waals surface area contributed by atoms with Gasteiger partial charge in [-0.3, -0.25) is 0 Å². The molecule has 0 spiro atoms. The Bertz CT molecular complexity index is 552. The van der Waals surface area contributed by atoms with Crippen LogP contribution in [0.15, 0.2) is 29.6 Å². The molecule has 0 amide bonds. The van der Waals surface area contributed by atoms with E-state index in [4.69, 9.17) is 0 Å². The van der Waals surface area contributed by atoms with Crippen LogP contribution in [0.1, 0.15) is 31.0 Å². The van der Waals surface area contributed by atoms with Crippen molar-refractivity contribution >= 4 is 39.1 Å². The second-order valence-electron chi connectivity index (χ2n) is 4.45. The lowest BCUT2D eigenvalue weighted by Crippen LogP contribution is -2.04. The third kappa shape index (κ3) is 5.32. The second-order valence-corrected chi connectivity index (χ2v) is 5.31. The van der Waals surface area contributed by atoms with Gasteiger partial charge in [0.25, 0.3) is 0 Å². The largest absolute Gasteiger partial charge is 0.416 e. The summed E-state index contributed by atoms with van der Waals surface area (Å²) in [6.07, 6.45) is -1.17. The van der Waals surface area contributed by atoms with Gasteiger partial charge < -0.3 is 5.32 Å². The molecule has 21 heavy (non-hydrogen) atoms. The van der Waals surface area contributed by atoms with Gasteiger partial charge in [0, 0.05) is 11.1 Å². The second kappa shape index (κ2) is 7.79. The number of hydrogen-bond acceptors (Lipinski definition) is 3. The van der Waals surface area contributed by atoms with E-state index < -0.39 is 11.7 Å². The Kier molecular flexibility index (Phi) is 6.67. The number of aryl methyl sites for hydroxylation is 1. The molecular weight excluding hydrogens is 365 g/mol. The van der Waals surface area contributed by atoms with E-state index in [-0.39, 0.29) is 17.0 Å². The molecule has 2 aromatic rings. The summed E-state index contributed by atoms with van der Waals surface area (Å²) >= 11 is 1.46. The van der Waals surface area contributed by atoms with Gasteiger partial charge in [-0.2, -0.15) is 13.2 Å². The lowest BCUT2D eigenvalue weighted by molar-refractivity contribution is -0.137. The van der Waals surface area contributed by atoms with Crippen molar-refractivity contribution in [2.24, 2.45) is 0 Å². The van der Waals surface area contributed by atoms with E-state index in [1.165, 1.54) is 23.5 Å². The molecule has 0 atom stereocenters. The highest BCUT2D eigenvalue weighted by molar-refractivity contribution is 8.93. The summed E-state index contributed by atoms with van der Waals surface area (Å²) in [5.41, 5.74) is 0.978. The predicted octanol–water partition coefficient (Wildman–Crippen LogP) is 5.83. The first-order valence-electron chi connectivity index (χ1n) is 6.37. The summed E-state index contributed by atoms with van der Waals surface area (Å²) in [4.78, 5) is 4.40. The first kappa shape index (κ1) is 18.0. The zero-order valence-corrected chi connectivity index (χ0v) is 13.9. The molecule has 0 unspecified atom stereocenters. The molecule has 0 saturated carbocycles. The van der Waals surface area contributed by atoms with Crippen LogP contribution in [0.4, 0.5) is 24.0 Å². The number of aromatic nitrogens is 1. The van der Waals surface area contributed by atoms with Gasteiger partial charge in [-0.15, -0.1) is 28.3 Å². The van der Waals surface area contributed by atoms with Gasteiger partial charge >= 0.3 is 6.18 Å². The minimum atomic E-state index is -4.30. The Morgan fingerprint density at radius 3 is 2.43 bits per heavy atom. The van der Waals surface area contributed by atoms with Crippen LogP contribution in [0.25, 0.3) is 0 Å². The number of anilines is 2. The van der Waals surface area contributed by atoms with Crippen molar-refractivity contribution in [1.82, 2.24) is 4.98 Å². The Hall–Kier alpha value is -1.08. The molecule has 0 aliphatic carbocycles. The maximum Gasteiger partial charge on any atom is 0.416 e. The average Bonchev–Trinajstić information content (AvgIpc) is 2.83. The number of nitrogens with one attached hydrogen (secondary N) is 1. The first-order chi connectivity index (χ1) is 9.49. The van der Waals surface area contributed by atoms with E-state index >= 15 is 0 Å². The topological polar surface area (TPSA) is 24.9 Å². The predicted molar refractivity (Wildman–Crippen MR) is 85.8 cm³/mol. The molecule has 0 fully saturated rings. The third-order valence-corrected chi connectivity index (χ3v) is 3.61. The van der Waals surface area contributed by atoms with E-state index in [9.17, 15) is 13.2 Å². The van der Waals surface area contributed by atoms with Crippen molar-refractivity contribution in [3.05, 3.63) is 40.9 Å². The van der Waals surface area contributed by atoms with Crippen molar-refractivity contribution in [2.45, 2.75) is 32.4 Å². The number of benzene rings is 1. The minimum absolute atomic E-state index is 0. The van der Waals surface area contributed by atoms with E-state index in [1.54, 1.807) is 0 Å². The number of unbranched alkanes of at least 4 members (excludes halogenated alkanes) is 1. The summed E-state index contributed by atoms with van der Waals surface area (Å²) in [6, 6.07) is 4.95. The standard InChI is InChI=1S/C14H15F3N2S.BrH/c1-2-3-4-12-9-20-13(19-12)18-11-7-5-10(6-8-11)14(15,16)17;/h5-9H,2-4H2,1H3,(H,18,19);1H. The number of nitrogens with zero attached hydrogens (tertiary/aromatic N) is 1. The quantitative estimate of drug-likeness (QED) is 0.705. The van der Waals surface area contributed by atoms with Gasteiger partial charge in [0.1, 0.15) is 0 Å². The van der Waals surface area contributed by atoms with Gasteiger partial charge in [-0.1, -0.05) is 13.3 Å². The van der Waals surface area contributed by atoms with Crippen LogP contribution in [0.3, 0.4) is 0 Å². The maximum atomic E-state index is 12.4. The number of thiazole rings is 1. The molecule has 0 bridgehead atoms. The molecule has 116 valence electrons. The van der Waals surface area contributed by atoms with Crippen LogP contribution in [0.2, 0.25) is 0 Å². The monoisotopic (exact) mass is 380 g/mol. The van der Waals surface area contributed by atoms with Crippen LogP contribution in [0, 0.1) is 0 Å². The first-order valence-corrected chi connectivity index (χ1v) is 7.25. The van der Waals surface area contributed by atoms with Gasteiger partial charge in [-0.25, -0.2) is 4.98 Å². The molecule has 1 N–H and O–H groups in total. The fourth-order valence-electron chi connectivity index (χ4n) is 1.70. The van der Waals surface area contributed by atoms with Crippen molar-refractivity contribution in [2.75, 3.05) is 5.32 Å². The zero-order chi connectivity index (χ0) is 14.6. The van der Waals surface area contributed by atoms with E-state index in [2.05, 4.69) is 17.2 Å². The molecule has 1 heterocycles. The van der Waals surface area contributed by atoms with Crippen molar-refractivity contribution in [3.8, 4) is 0 Å². The molecule has 1 aromatic heterocycles. The fraction of sp³-hybridized carbons (Fsp3) is 0.357. The molecule has 0 saturated heterocycles.